The second-order valence-corrected chi connectivity index (χ2v) is 7.48. The summed E-state index contributed by atoms with van der Waals surface area (Å²) in [5, 5.41) is 8.39. The molecule has 6 rings (SSSR count). The van der Waals surface area contributed by atoms with E-state index < -0.39 is 0 Å². The normalized spacial score (nSPS) is 11.3. The molecule has 0 unspecified atom stereocenters. The fraction of sp³-hybridized carbons (Fsp3) is 0. The van der Waals surface area contributed by atoms with E-state index in [-0.39, 0.29) is 0 Å². The number of furan rings is 1. The van der Waals surface area contributed by atoms with Crippen molar-refractivity contribution in [3.63, 3.8) is 0 Å². The van der Waals surface area contributed by atoms with Gasteiger partial charge in [0.05, 0.1) is 11.1 Å². The Morgan fingerprint density at radius 2 is 1.23 bits per heavy atom. The van der Waals surface area contributed by atoms with Crippen LogP contribution in [0.15, 0.2) is 114 Å². The molecular formula is C28H19NO. The first-order valence-electron chi connectivity index (χ1n) is 10.1. The van der Waals surface area contributed by atoms with Crippen LogP contribution < -0.4 is 5.32 Å². The molecule has 0 saturated heterocycles. The van der Waals surface area contributed by atoms with Crippen molar-refractivity contribution in [2.24, 2.45) is 0 Å². The fourth-order valence-corrected chi connectivity index (χ4v) is 4.30. The fourth-order valence-electron chi connectivity index (χ4n) is 4.30. The van der Waals surface area contributed by atoms with E-state index in [1.165, 1.54) is 21.9 Å². The lowest BCUT2D eigenvalue weighted by molar-refractivity contribution is 0.669. The SMILES string of the molecule is c1ccc(-c2ccccc2Nc2cccc3oc4ccc5ccccc5c4c23)cc1. The van der Waals surface area contributed by atoms with Crippen molar-refractivity contribution < 1.29 is 4.42 Å². The van der Waals surface area contributed by atoms with Gasteiger partial charge in [-0.25, -0.2) is 0 Å². The zero-order valence-corrected chi connectivity index (χ0v) is 16.3. The van der Waals surface area contributed by atoms with Crippen LogP contribution in [-0.4, -0.2) is 0 Å². The van der Waals surface area contributed by atoms with Gasteiger partial charge in [0.15, 0.2) is 0 Å². The van der Waals surface area contributed by atoms with Crippen LogP contribution in [0.1, 0.15) is 0 Å². The Balaban J connectivity index is 1.59. The maximum absolute atomic E-state index is 6.21. The van der Waals surface area contributed by atoms with Gasteiger partial charge in [0.2, 0.25) is 0 Å². The molecule has 5 aromatic carbocycles. The molecule has 0 amide bonds. The van der Waals surface area contributed by atoms with Crippen molar-refractivity contribution >= 4 is 44.1 Å². The van der Waals surface area contributed by atoms with Crippen molar-refractivity contribution in [1.82, 2.24) is 0 Å². The quantitative estimate of drug-likeness (QED) is 0.332. The van der Waals surface area contributed by atoms with Gasteiger partial charge in [-0.15, -0.1) is 0 Å². The van der Waals surface area contributed by atoms with Crippen LogP contribution in [0.3, 0.4) is 0 Å². The van der Waals surface area contributed by atoms with Crippen molar-refractivity contribution in [2.75, 3.05) is 5.32 Å². The molecule has 1 N–H and O–H groups in total. The molecule has 2 nitrogen and oxygen atoms in total. The third kappa shape index (κ3) is 2.66. The summed E-state index contributed by atoms with van der Waals surface area (Å²) in [5.74, 6) is 0. The summed E-state index contributed by atoms with van der Waals surface area (Å²) in [6.07, 6.45) is 0. The summed E-state index contributed by atoms with van der Waals surface area (Å²) < 4.78 is 6.21. The molecule has 6 aromatic rings. The van der Waals surface area contributed by atoms with Gasteiger partial charge in [-0.3, -0.25) is 0 Å². The number of hydrogen-bond acceptors (Lipinski definition) is 2. The second-order valence-electron chi connectivity index (χ2n) is 7.48. The number of benzene rings is 5. The summed E-state index contributed by atoms with van der Waals surface area (Å²) in [5.41, 5.74) is 6.29. The average Bonchev–Trinajstić information content (AvgIpc) is 3.20. The van der Waals surface area contributed by atoms with Crippen molar-refractivity contribution in [3.05, 3.63) is 109 Å². The lowest BCUT2D eigenvalue weighted by Gasteiger charge is -2.13. The first-order chi connectivity index (χ1) is 14.9. The number of rotatable bonds is 3. The van der Waals surface area contributed by atoms with Gasteiger partial charge >= 0.3 is 0 Å². The molecule has 1 aromatic heterocycles. The lowest BCUT2D eigenvalue weighted by atomic mass is 10.0. The topological polar surface area (TPSA) is 25.2 Å². The molecule has 0 bridgehead atoms. The first kappa shape index (κ1) is 16.9. The Labute approximate surface area is 174 Å². The van der Waals surface area contributed by atoms with E-state index in [9.17, 15) is 0 Å². The largest absolute Gasteiger partial charge is 0.456 e. The number of anilines is 2. The zero-order chi connectivity index (χ0) is 19.9. The van der Waals surface area contributed by atoms with Gasteiger partial charge in [-0.1, -0.05) is 84.9 Å². The average molecular weight is 385 g/mol. The Kier molecular flexibility index (Phi) is 3.82. The van der Waals surface area contributed by atoms with Gasteiger partial charge in [-0.2, -0.15) is 0 Å². The van der Waals surface area contributed by atoms with E-state index >= 15 is 0 Å². The molecule has 1 heterocycles. The van der Waals surface area contributed by atoms with E-state index in [0.29, 0.717) is 0 Å². The Morgan fingerprint density at radius 3 is 2.17 bits per heavy atom. The van der Waals surface area contributed by atoms with Crippen LogP contribution in [0.5, 0.6) is 0 Å². The lowest BCUT2D eigenvalue weighted by Crippen LogP contribution is -1.94. The van der Waals surface area contributed by atoms with Gasteiger partial charge in [0.1, 0.15) is 11.2 Å². The number of para-hydroxylation sites is 1. The van der Waals surface area contributed by atoms with Crippen molar-refractivity contribution in [1.29, 1.82) is 0 Å². The molecule has 30 heavy (non-hydrogen) atoms. The molecule has 0 spiro atoms. The maximum Gasteiger partial charge on any atom is 0.137 e. The van der Waals surface area contributed by atoms with Crippen molar-refractivity contribution in [2.45, 2.75) is 0 Å². The summed E-state index contributed by atoms with van der Waals surface area (Å²) in [4.78, 5) is 0. The smallest absolute Gasteiger partial charge is 0.137 e. The number of fused-ring (bicyclic) bond motifs is 5. The van der Waals surface area contributed by atoms with Gasteiger partial charge in [0, 0.05) is 16.6 Å². The van der Waals surface area contributed by atoms with E-state index in [2.05, 4.69) is 96.3 Å². The second kappa shape index (κ2) is 6.78. The third-order valence-corrected chi connectivity index (χ3v) is 5.67. The minimum Gasteiger partial charge on any atom is -0.456 e. The highest BCUT2D eigenvalue weighted by molar-refractivity contribution is 6.22. The van der Waals surface area contributed by atoms with Crippen LogP contribution in [0, 0.1) is 0 Å². The van der Waals surface area contributed by atoms with Crippen LogP contribution >= 0.6 is 0 Å². The van der Waals surface area contributed by atoms with E-state index in [1.54, 1.807) is 0 Å². The van der Waals surface area contributed by atoms with Crippen molar-refractivity contribution in [3.8, 4) is 11.1 Å². The molecule has 0 fully saturated rings. The van der Waals surface area contributed by atoms with Crippen LogP contribution in [0.4, 0.5) is 11.4 Å². The zero-order valence-electron chi connectivity index (χ0n) is 16.3. The first-order valence-corrected chi connectivity index (χ1v) is 10.1. The summed E-state index contributed by atoms with van der Waals surface area (Å²) >= 11 is 0. The Morgan fingerprint density at radius 1 is 0.500 bits per heavy atom. The Bertz CT molecular complexity index is 1510. The molecule has 2 heteroatoms. The number of nitrogens with one attached hydrogen (secondary N) is 1. The molecule has 0 aliphatic carbocycles. The van der Waals surface area contributed by atoms with Gasteiger partial charge in [-0.05, 0) is 40.6 Å². The summed E-state index contributed by atoms with van der Waals surface area (Å²) in [6.45, 7) is 0. The van der Waals surface area contributed by atoms with Gasteiger partial charge in [0.25, 0.3) is 0 Å². The highest BCUT2D eigenvalue weighted by Crippen LogP contribution is 2.40. The van der Waals surface area contributed by atoms with E-state index in [1.807, 2.05) is 18.2 Å². The molecule has 0 radical (unpaired) electrons. The molecule has 0 aliphatic rings. The highest BCUT2D eigenvalue weighted by Gasteiger charge is 2.15. The predicted molar refractivity (Wildman–Crippen MR) is 126 cm³/mol. The van der Waals surface area contributed by atoms with Crippen LogP contribution in [0.25, 0.3) is 43.8 Å². The predicted octanol–water partition coefficient (Wildman–Crippen LogP) is 8.15. The minimum absolute atomic E-state index is 0.892. The van der Waals surface area contributed by atoms with Crippen LogP contribution in [-0.2, 0) is 0 Å². The standard InChI is InChI=1S/C28H19NO/c1-2-9-19(10-3-1)21-12-6-7-14-23(21)29-24-15-8-16-25-28(24)27-22-13-5-4-11-20(22)17-18-26(27)30-25/h1-18,29H. The molecule has 0 aliphatic heterocycles. The van der Waals surface area contributed by atoms with Crippen LogP contribution in [0.2, 0.25) is 0 Å². The molecule has 0 saturated carbocycles. The Hall–Kier alpha value is -4.04. The molecule has 0 atom stereocenters. The van der Waals surface area contributed by atoms with E-state index in [4.69, 9.17) is 4.42 Å². The monoisotopic (exact) mass is 385 g/mol. The molecule has 142 valence electrons. The number of hydrogen-bond donors (Lipinski definition) is 1. The summed E-state index contributed by atoms with van der Waals surface area (Å²) in [6, 6.07) is 37.8. The third-order valence-electron chi connectivity index (χ3n) is 5.67. The summed E-state index contributed by atoms with van der Waals surface area (Å²) in [7, 11) is 0. The highest BCUT2D eigenvalue weighted by atomic mass is 16.3. The van der Waals surface area contributed by atoms with Gasteiger partial charge < -0.3 is 9.73 Å². The molecular weight excluding hydrogens is 366 g/mol. The van der Waals surface area contributed by atoms with E-state index in [0.717, 1.165) is 33.3 Å². The minimum atomic E-state index is 0.892. The maximum atomic E-state index is 6.21.